The van der Waals surface area contributed by atoms with E-state index in [9.17, 15) is 9.59 Å². The van der Waals surface area contributed by atoms with Gasteiger partial charge < -0.3 is 19.3 Å². The van der Waals surface area contributed by atoms with Crippen LogP contribution in [0.15, 0.2) is 47.2 Å². The van der Waals surface area contributed by atoms with Crippen molar-refractivity contribution in [2.24, 2.45) is 0 Å². The fourth-order valence-electron chi connectivity index (χ4n) is 3.52. The topological polar surface area (TPSA) is 72.0 Å². The van der Waals surface area contributed by atoms with Crippen LogP contribution in [-0.2, 0) is 4.79 Å². The number of carbonyl (C=O) groups excluding carboxylic acids is 2. The van der Waals surface area contributed by atoms with Gasteiger partial charge in [-0.05, 0) is 23.6 Å². The Labute approximate surface area is 181 Å². The number of amides is 2. The Morgan fingerprint density at radius 1 is 0.967 bits per heavy atom. The van der Waals surface area contributed by atoms with E-state index in [-0.39, 0.29) is 18.4 Å². The summed E-state index contributed by atoms with van der Waals surface area (Å²) in [5.74, 6) is 1.04. The quantitative estimate of drug-likeness (QED) is 0.625. The van der Waals surface area contributed by atoms with E-state index in [1.165, 1.54) is 11.3 Å². The highest BCUT2D eigenvalue weighted by atomic mass is 32.1. The molecule has 2 aliphatic rings. The van der Waals surface area contributed by atoms with E-state index in [4.69, 9.17) is 9.47 Å². The van der Waals surface area contributed by atoms with Crippen molar-refractivity contribution in [2.75, 3.05) is 32.8 Å². The van der Waals surface area contributed by atoms with E-state index >= 15 is 0 Å². The SMILES string of the molecule is O=C(c1csc(-c2cccs2)n1)N1CCN(C(=O)C2COc3ccccc3O2)CC1. The van der Waals surface area contributed by atoms with E-state index in [0.29, 0.717) is 43.4 Å². The molecule has 30 heavy (non-hydrogen) atoms. The average molecular weight is 442 g/mol. The van der Waals surface area contributed by atoms with Crippen LogP contribution in [0.4, 0.5) is 0 Å². The standard InChI is InChI=1S/C21H19N3O4S2/c25-20(14-13-30-19(22-14)18-6-3-11-29-18)23-7-9-24(10-8-23)21(26)17-12-27-15-4-1-2-5-16(15)28-17/h1-6,11,13,17H,7-10,12H2. The second kappa shape index (κ2) is 8.08. The predicted octanol–water partition coefficient (Wildman–Crippen LogP) is 3.00. The summed E-state index contributed by atoms with van der Waals surface area (Å²) in [4.78, 5) is 34.7. The number of rotatable bonds is 3. The second-order valence-corrected chi connectivity index (χ2v) is 8.80. The minimum absolute atomic E-state index is 0.0904. The Balaban J connectivity index is 1.18. The molecule has 9 heteroatoms. The number of hydrogen-bond donors (Lipinski definition) is 0. The molecule has 0 saturated carbocycles. The van der Waals surface area contributed by atoms with Crippen LogP contribution in [0.5, 0.6) is 11.5 Å². The number of fused-ring (bicyclic) bond motifs is 1. The van der Waals surface area contributed by atoms with Gasteiger partial charge >= 0.3 is 0 Å². The van der Waals surface area contributed by atoms with Crippen molar-refractivity contribution >= 4 is 34.5 Å². The summed E-state index contributed by atoms with van der Waals surface area (Å²) in [5.41, 5.74) is 0.462. The Morgan fingerprint density at radius 2 is 1.73 bits per heavy atom. The second-order valence-electron chi connectivity index (χ2n) is 7.00. The highest BCUT2D eigenvalue weighted by Crippen LogP contribution is 2.31. The predicted molar refractivity (Wildman–Crippen MR) is 114 cm³/mol. The number of thiazole rings is 1. The van der Waals surface area contributed by atoms with Gasteiger partial charge in [0.15, 0.2) is 11.5 Å². The zero-order valence-corrected chi connectivity index (χ0v) is 17.7. The number of aromatic nitrogens is 1. The molecule has 0 aliphatic carbocycles. The molecule has 1 aromatic carbocycles. The maximum Gasteiger partial charge on any atom is 0.273 e. The third-order valence-electron chi connectivity index (χ3n) is 5.12. The highest BCUT2D eigenvalue weighted by molar-refractivity contribution is 7.20. The minimum Gasteiger partial charge on any atom is -0.485 e. The van der Waals surface area contributed by atoms with Crippen LogP contribution in [0, 0.1) is 0 Å². The highest BCUT2D eigenvalue weighted by Gasteiger charge is 2.33. The summed E-state index contributed by atoms with van der Waals surface area (Å²) in [6.45, 7) is 2.07. The maximum atomic E-state index is 12.9. The third kappa shape index (κ3) is 3.66. The Morgan fingerprint density at radius 3 is 2.50 bits per heavy atom. The zero-order chi connectivity index (χ0) is 20.5. The van der Waals surface area contributed by atoms with Gasteiger partial charge in [-0.25, -0.2) is 4.98 Å². The molecule has 154 valence electrons. The lowest BCUT2D eigenvalue weighted by Gasteiger charge is -2.37. The lowest BCUT2D eigenvalue weighted by atomic mass is 10.2. The van der Waals surface area contributed by atoms with Crippen LogP contribution in [0.2, 0.25) is 0 Å². The first-order valence-electron chi connectivity index (χ1n) is 9.65. The van der Waals surface area contributed by atoms with E-state index < -0.39 is 6.10 Å². The van der Waals surface area contributed by atoms with Gasteiger partial charge in [0.2, 0.25) is 6.10 Å². The third-order valence-corrected chi connectivity index (χ3v) is 7.00. The van der Waals surface area contributed by atoms with E-state index in [2.05, 4.69) is 4.98 Å². The van der Waals surface area contributed by atoms with Crippen LogP contribution in [0.1, 0.15) is 10.5 Å². The molecule has 3 aromatic rings. The molecule has 1 fully saturated rings. The van der Waals surface area contributed by atoms with Crippen molar-refractivity contribution in [1.82, 2.24) is 14.8 Å². The molecule has 5 rings (SSSR count). The van der Waals surface area contributed by atoms with Crippen LogP contribution in [-0.4, -0.2) is 65.5 Å². The van der Waals surface area contributed by atoms with Crippen molar-refractivity contribution in [3.63, 3.8) is 0 Å². The number of ether oxygens (including phenoxy) is 2. The number of hydrogen-bond acceptors (Lipinski definition) is 7. The molecular formula is C21H19N3O4S2. The molecule has 2 aliphatic heterocycles. The van der Waals surface area contributed by atoms with Crippen LogP contribution < -0.4 is 9.47 Å². The van der Waals surface area contributed by atoms with Crippen molar-refractivity contribution in [2.45, 2.75) is 6.10 Å². The monoisotopic (exact) mass is 441 g/mol. The zero-order valence-electron chi connectivity index (χ0n) is 16.0. The van der Waals surface area contributed by atoms with Crippen LogP contribution in [0.3, 0.4) is 0 Å². The molecule has 1 unspecified atom stereocenters. The van der Waals surface area contributed by atoms with Crippen molar-refractivity contribution in [3.8, 4) is 21.4 Å². The Hall–Kier alpha value is -2.91. The first-order chi connectivity index (χ1) is 14.7. The average Bonchev–Trinajstić information content (AvgIpc) is 3.50. The van der Waals surface area contributed by atoms with Crippen molar-refractivity contribution in [1.29, 1.82) is 0 Å². The smallest absolute Gasteiger partial charge is 0.273 e. The number of benzene rings is 1. The molecule has 7 nitrogen and oxygen atoms in total. The van der Waals surface area contributed by atoms with E-state index in [1.807, 2.05) is 35.7 Å². The molecule has 0 spiro atoms. The Kier molecular flexibility index (Phi) is 5.14. The maximum absolute atomic E-state index is 12.9. The normalized spacial score (nSPS) is 18.3. The summed E-state index contributed by atoms with van der Waals surface area (Å²) < 4.78 is 11.5. The molecule has 0 N–H and O–H groups in total. The summed E-state index contributed by atoms with van der Waals surface area (Å²) in [5, 5.41) is 4.66. The summed E-state index contributed by atoms with van der Waals surface area (Å²) in [6, 6.07) is 11.3. The first kappa shape index (κ1) is 19.1. The molecule has 0 bridgehead atoms. The molecule has 0 radical (unpaired) electrons. The van der Waals surface area contributed by atoms with Gasteiger partial charge in [-0.15, -0.1) is 22.7 Å². The van der Waals surface area contributed by atoms with Gasteiger partial charge in [-0.1, -0.05) is 18.2 Å². The molecule has 1 saturated heterocycles. The summed E-state index contributed by atoms with van der Waals surface area (Å²) >= 11 is 3.08. The fraction of sp³-hybridized carbons (Fsp3) is 0.286. The number of thiophene rings is 1. The summed E-state index contributed by atoms with van der Waals surface area (Å²) in [7, 11) is 0. The molecule has 1 atom stereocenters. The minimum atomic E-state index is -0.658. The van der Waals surface area contributed by atoms with Crippen LogP contribution >= 0.6 is 22.7 Å². The van der Waals surface area contributed by atoms with Gasteiger partial charge in [0.1, 0.15) is 17.3 Å². The van der Waals surface area contributed by atoms with Gasteiger partial charge in [-0.2, -0.15) is 0 Å². The van der Waals surface area contributed by atoms with Gasteiger partial charge in [0.05, 0.1) is 4.88 Å². The van der Waals surface area contributed by atoms with Gasteiger partial charge in [0, 0.05) is 31.6 Å². The Bertz CT molecular complexity index is 1060. The number of nitrogens with zero attached hydrogens (tertiary/aromatic N) is 3. The van der Waals surface area contributed by atoms with Crippen LogP contribution in [0.25, 0.3) is 9.88 Å². The molecular weight excluding hydrogens is 422 g/mol. The number of piperazine rings is 1. The van der Waals surface area contributed by atoms with Crippen molar-refractivity contribution in [3.05, 3.63) is 52.9 Å². The van der Waals surface area contributed by atoms with Crippen molar-refractivity contribution < 1.29 is 19.1 Å². The first-order valence-corrected chi connectivity index (χ1v) is 11.4. The number of carbonyl (C=O) groups is 2. The lowest BCUT2D eigenvalue weighted by Crippen LogP contribution is -2.55. The summed E-state index contributed by atoms with van der Waals surface area (Å²) in [6.07, 6.45) is -0.658. The number of para-hydroxylation sites is 2. The lowest BCUT2D eigenvalue weighted by molar-refractivity contribution is -0.142. The molecule has 4 heterocycles. The van der Waals surface area contributed by atoms with E-state index in [0.717, 1.165) is 9.88 Å². The largest absolute Gasteiger partial charge is 0.485 e. The fourth-order valence-corrected chi connectivity index (χ4v) is 5.13. The molecule has 2 amide bonds. The van der Waals surface area contributed by atoms with Gasteiger partial charge in [-0.3, -0.25) is 9.59 Å². The van der Waals surface area contributed by atoms with Gasteiger partial charge in [0.25, 0.3) is 11.8 Å². The molecule has 2 aromatic heterocycles. The van der Waals surface area contributed by atoms with E-state index in [1.54, 1.807) is 32.6 Å².